The zero-order chi connectivity index (χ0) is 18.1. The molecule has 1 aliphatic rings. The largest absolute Gasteiger partial charge is 0.324 e. The Balaban J connectivity index is 2.23. The predicted molar refractivity (Wildman–Crippen MR) is 92.1 cm³/mol. The van der Waals surface area contributed by atoms with E-state index >= 15 is 0 Å². The van der Waals surface area contributed by atoms with Crippen LogP contribution in [0.3, 0.4) is 0 Å². The minimum Gasteiger partial charge on any atom is -0.324 e. The number of ketones is 1. The summed E-state index contributed by atoms with van der Waals surface area (Å²) < 4.78 is 13.8. The van der Waals surface area contributed by atoms with Crippen molar-refractivity contribution in [3.63, 3.8) is 0 Å². The second kappa shape index (κ2) is 6.99. The molecule has 0 aromatic heterocycles. The third-order valence-electron chi connectivity index (χ3n) is 4.47. The molecule has 1 aromatic rings. The van der Waals surface area contributed by atoms with Gasteiger partial charge in [-0.2, -0.15) is 0 Å². The van der Waals surface area contributed by atoms with Crippen LogP contribution in [-0.2, 0) is 9.59 Å². The molecule has 0 spiro atoms. The summed E-state index contributed by atoms with van der Waals surface area (Å²) in [6.07, 6.45) is -0.841. The highest BCUT2D eigenvalue weighted by Crippen LogP contribution is 2.30. The summed E-state index contributed by atoms with van der Waals surface area (Å²) in [7, 11) is 1.40. The number of anilines is 1. The molecule has 6 heteroatoms. The van der Waals surface area contributed by atoms with Crippen molar-refractivity contribution in [3.05, 3.63) is 29.8 Å². The van der Waals surface area contributed by atoms with E-state index in [9.17, 15) is 14.0 Å². The first kappa shape index (κ1) is 18.5. The average molecular weight is 335 g/mol. The number of nitrogens with zero attached hydrogens (tertiary/aromatic N) is 1. The number of alkyl halides is 1. The van der Waals surface area contributed by atoms with E-state index in [2.05, 4.69) is 31.5 Å². The van der Waals surface area contributed by atoms with E-state index in [1.54, 1.807) is 0 Å². The molecule has 132 valence electrons. The maximum absolute atomic E-state index is 13.8. The fourth-order valence-electron chi connectivity index (χ4n) is 3.16. The first-order valence-electron chi connectivity index (χ1n) is 8.26. The number of carbonyl (C=O) groups is 2. The fourth-order valence-corrected chi connectivity index (χ4v) is 3.16. The lowest BCUT2D eigenvalue weighted by Crippen LogP contribution is -2.54. The Morgan fingerprint density at radius 3 is 2.54 bits per heavy atom. The molecule has 2 rings (SSSR count). The van der Waals surface area contributed by atoms with Crippen molar-refractivity contribution >= 4 is 17.4 Å². The highest BCUT2D eigenvalue weighted by atomic mass is 19.1. The van der Waals surface area contributed by atoms with Gasteiger partial charge in [0, 0.05) is 12.7 Å². The summed E-state index contributed by atoms with van der Waals surface area (Å²) in [6, 6.07) is 7.54. The summed E-state index contributed by atoms with van der Waals surface area (Å²) in [5.41, 5.74) is 2.69. The van der Waals surface area contributed by atoms with Gasteiger partial charge in [-0.05, 0) is 36.8 Å². The van der Waals surface area contributed by atoms with Crippen LogP contribution in [0.1, 0.15) is 45.6 Å². The third-order valence-corrected chi connectivity index (χ3v) is 4.47. The van der Waals surface area contributed by atoms with E-state index in [0.29, 0.717) is 11.6 Å². The Morgan fingerprint density at radius 2 is 2.00 bits per heavy atom. The lowest BCUT2D eigenvalue weighted by Gasteiger charge is -2.24. The molecule has 0 bridgehead atoms. The molecule has 1 fully saturated rings. The Hall–Kier alpha value is -1.79. The first-order valence-corrected chi connectivity index (χ1v) is 8.26. The van der Waals surface area contributed by atoms with Crippen LogP contribution in [0.5, 0.6) is 0 Å². The van der Waals surface area contributed by atoms with Crippen molar-refractivity contribution in [2.24, 2.45) is 5.92 Å². The molecule has 1 saturated heterocycles. The van der Waals surface area contributed by atoms with Crippen molar-refractivity contribution in [3.8, 4) is 0 Å². The van der Waals surface area contributed by atoms with E-state index < -0.39 is 23.5 Å². The maximum Gasteiger partial charge on any atom is 0.253 e. The lowest BCUT2D eigenvalue weighted by atomic mass is 9.90. The van der Waals surface area contributed by atoms with Gasteiger partial charge in [0.1, 0.15) is 0 Å². The number of rotatable bonds is 5. The van der Waals surface area contributed by atoms with E-state index in [0.717, 1.165) is 17.0 Å². The number of likely N-dealkylation sites (N-methyl/N-ethyl adjacent to an activating group) is 1. The number of hydrazine groups is 1. The molecule has 0 aliphatic carbocycles. The zero-order valence-electron chi connectivity index (χ0n) is 14.9. The molecular formula is C18H26FN3O2. The number of Topliss-reactive ketones (excluding diaryl/α,β-unsaturated/α-hetero) is 1. The molecule has 0 saturated carbocycles. The first-order chi connectivity index (χ1) is 11.2. The Morgan fingerprint density at radius 1 is 1.38 bits per heavy atom. The molecule has 2 N–H and O–H groups in total. The summed E-state index contributed by atoms with van der Waals surface area (Å²) >= 11 is 0. The quantitative estimate of drug-likeness (QED) is 0.642. The van der Waals surface area contributed by atoms with Crippen molar-refractivity contribution in [2.45, 2.75) is 51.9 Å². The molecule has 1 amide bonds. The lowest BCUT2D eigenvalue weighted by molar-refractivity contribution is -0.133. The number of para-hydroxylation sites is 1. The molecule has 24 heavy (non-hydrogen) atoms. The molecular weight excluding hydrogens is 309 g/mol. The second-order valence-corrected chi connectivity index (χ2v) is 7.12. The van der Waals surface area contributed by atoms with Gasteiger partial charge >= 0.3 is 0 Å². The van der Waals surface area contributed by atoms with Gasteiger partial charge in [0.25, 0.3) is 5.91 Å². The van der Waals surface area contributed by atoms with Gasteiger partial charge in [0.15, 0.2) is 5.54 Å². The van der Waals surface area contributed by atoms with Crippen molar-refractivity contribution in [1.82, 2.24) is 10.4 Å². The average Bonchev–Trinajstić information content (AvgIpc) is 2.71. The molecule has 1 heterocycles. The highest BCUT2D eigenvalue weighted by molar-refractivity contribution is 6.17. The molecule has 1 aliphatic heterocycles. The monoisotopic (exact) mass is 335 g/mol. The fraction of sp³-hybridized carbons (Fsp3) is 0.556. The second-order valence-electron chi connectivity index (χ2n) is 7.12. The van der Waals surface area contributed by atoms with Gasteiger partial charge in [-0.3, -0.25) is 9.59 Å². The standard InChI is InChI=1S/C18H26FN3O2/c1-11(2)10-12(3)13-8-6-7-9-14(13)20-17(24)18(4)15(23)16(19)22(5)21-18/h6-9,11-12,16,21H,10H2,1-5H3,(H,20,24). The van der Waals surface area contributed by atoms with Crippen LogP contribution in [0.25, 0.3) is 0 Å². The summed E-state index contributed by atoms with van der Waals surface area (Å²) in [5.74, 6) is -0.544. The number of hydrogen-bond donors (Lipinski definition) is 2. The molecule has 3 atom stereocenters. The predicted octanol–water partition coefficient (Wildman–Crippen LogP) is 2.85. The SMILES string of the molecule is CC(C)CC(C)c1ccccc1NC(=O)C1(C)NN(C)C(F)C1=O. The Kier molecular flexibility index (Phi) is 5.40. The minimum atomic E-state index is -1.82. The van der Waals surface area contributed by atoms with E-state index in [-0.39, 0.29) is 5.92 Å². The normalized spacial score (nSPS) is 26.0. The molecule has 0 radical (unpaired) electrons. The summed E-state index contributed by atoms with van der Waals surface area (Å²) in [6.45, 7) is 7.81. The van der Waals surface area contributed by atoms with Crippen LogP contribution in [0.2, 0.25) is 0 Å². The molecule has 3 unspecified atom stereocenters. The smallest absolute Gasteiger partial charge is 0.253 e. The Bertz CT molecular complexity index is 634. The van der Waals surface area contributed by atoms with Crippen LogP contribution in [0.15, 0.2) is 24.3 Å². The van der Waals surface area contributed by atoms with E-state index in [1.807, 2.05) is 24.3 Å². The summed E-state index contributed by atoms with van der Waals surface area (Å²) in [5, 5.41) is 3.83. The van der Waals surface area contributed by atoms with Crippen LogP contribution in [0.4, 0.5) is 10.1 Å². The van der Waals surface area contributed by atoms with Gasteiger partial charge in [0.05, 0.1) is 0 Å². The molecule has 5 nitrogen and oxygen atoms in total. The van der Waals surface area contributed by atoms with Gasteiger partial charge in [-0.15, -0.1) is 0 Å². The number of halogens is 1. The zero-order valence-corrected chi connectivity index (χ0v) is 14.9. The number of benzene rings is 1. The van der Waals surface area contributed by atoms with Gasteiger partial charge < -0.3 is 5.32 Å². The van der Waals surface area contributed by atoms with Crippen LogP contribution in [-0.4, -0.2) is 35.6 Å². The van der Waals surface area contributed by atoms with E-state index in [4.69, 9.17) is 0 Å². The van der Waals surface area contributed by atoms with Crippen LogP contribution in [0, 0.1) is 5.92 Å². The third kappa shape index (κ3) is 3.49. The van der Waals surface area contributed by atoms with Crippen molar-refractivity contribution in [2.75, 3.05) is 12.4 Å². The van der Waals surface area contributed by atoms with Gasteiger partial charge in [-0.1, -0.05) is 39.0 Å². The maximum atomic E-state index is 13.8. The number of hydrogen-bond acceptors (Lipinski definition) is 4. The minimum absolute atomic E-state index is 0.262. The van der Waals surface area contributed by atoms with Crippen molar-refractivity contribution in [1.29, 1.82) is 0 Å². The van der Waals surface area contributed by atoms with E-state index in [1.165, 1.54) is 14.0 Å². The number of carbonyl (C=O) groups excluding carboxylic acids is 2. The van der Waals surface area contributed by atoms with Crippen molar-refractivity contribution < 1.29 is 14.0 Å². The highest BCUT2D eigenvalue weighted by Gasteiger charge is 2.53. The topological polar surface area (TPSA) is 61.4 Å². The molecule has 1 aromatic carbocycles. The van der Waals surface area contributed by atoms with Crippen LogP contribution < -0.4 is 10.7 Å². The number of nitrogens with one attached hydrogen (secondary N) is 2. The summed E-state index contributed by atoms with van der Waals surface area (Å²) in [4.78, 5) is 24.7. The van der Waals surface area contributed by atoms with Gasteiger partial charge in [-0.25, -0.2) is 14.8 Å². The van der Waals surface area contributed by atoms with Gasteiger partial charge in [0.2, 0.25) is 12.1 Å². The Labute approximate surface area is 142 Å². The van der Waals surface area contributed by atoms with Crippen LogP contribution >= 0.6 is 0 Å². The number of amides is 1.